The third kappa shape index (κ3) is 3.64. The van der Waals surface area contributed by atoms with Crippen LogP contribution in [0.5, 0.6) is 0 Å². The largest absolute Gasteiger partial charge is 0.467 e. The van der Waals surface area contributed by atoms with Crippen molar-refractivity contribution in [3.8, 4) is 0 Å². The Labute approximate surface area is 141 Å². The van der Waals surface area contributed by atoms with Crippen molar-refractivity contribution >= 4 is 5.91 Å². The van der Waals surface area contributed by atoms with Gasteiger partial charge in [0.2, 0.25) is 5.91 Å². The van der Waals surface area contributed by atoms with Gasteiger partial charge in [-0.25, -0.2) is 4.68 Å². The molecule has 2 N–H and O–H groups in total. The zero-order valence-electron chi connectivity index (χ0n) is 14.0. The minimum absolute atomic E-state index is 0.0114. The Morgan fingerprint density at radius 3 is 2.88 bits per heavy atom. The van der Waals surface area contributed by atoms with Crippen LogP contribution in [0.15, 0.2) is 22.8 Å². The lowest BCUT2D eigenvalue weighted by atomic mass is 9.94. The van der Waals surface area contributed by atoms with Gasteiger partial charge < -0.3 is 10.2 Å². The molecule has 1 amide bonds. The van der Waals surface area contributed by atoms with Gasteiger partial charge in [0.15, 0.2) is 5.82 Å². The van der Waals surface area contributed by atoms with Gasteiger partial charge in [-0.3, -0.25) is 9.69 Å². The minimum atomic E-state index is -0.190. The normalized spacial score (nSPS) is 17.9. The molecule has 1 saturated heterocycles. The summed E-state index contributed by atoms with van der Waals surface area (Å²) in [7, 11) is 0. The lowest BCUT2D eigenvalue weighted by Crippen LogP contribution is -2.41. The van der Waals surface area contributed by atoms with E-state index < -0.39 is 0 Å². The molecule has 8 heteroatoms. The summed E-state index contributed by atoms with van der Waals surface area (Å²) in [6.07, 6.45) is 5.26. The number of hydrogen-bond acceptors (Lipinski definition) is 6. The summed E-state index contributed by atoms with van der Waals surface area (Å²) in [6, 6.07) is 3.92. The number of carbonyl (C=O) groups is 1. The van der Waals surface area contributed by atoms with Crippen LogP contribution in [0.2, 0.25) is 0 Å². The molecule has 8 nitrogen and oxygen atoms in total. The highest BCUT2D eigenvalue weighted by atomic mass is 16.3. The number of hydrogen-bond donors (Lipinski definition) is 1. The van der Waals surface area contributed by atoms with Crippen molar-refractivity contribution in [2.75, 3.05) is 13.1 Å². The maximum Gasteiger partial charge on any atom is 0.220 e. The van der Waals surface area contributed by atoms with Crippen molar-refractivity contribution in [2.45, 2.75) is 45.2 Å². The summed E-state index contributed by atoms with van der Waals surface area (Å²) in [6.45, 7) is 4.36. The van der Waals surface area contributed by atoms with Gasteiger partial charge in [0.25, 0.3) is 0 Å². The molecule has 0 saturated carbocycles. The van der Waals surface area contributed by atoms with Crippen molar-refractivity contribution in [1.82, 2.24) is 25.1 Å². The van der Waals surface area contributed by atoms with E-state index in [4.69, 9.17) is 10.2 Å². The maximum atomic E-state index is 11.4. The van der Waals surface area contributed by atoms with E-state index >= 15 is 0 Å². The van der Waals surface area contributed by atoms with Crippen LogP contribution in [0.3, 0.4) is 0 Å². The number of likely N-dealkylation sites (tertiary alicyclic amines) is 1. The van der Waals surface area contributed by atoms with Gasteiger partial charge in [-0.15, -0.1) is 5.10 Å². The van der Waals surface area contributed by atoms with Crippen molar-refractivity contribution < 1.29 is 9.21 Å². The van der Waals surface area contributed by atoms with Crippen LogP contribution in [0.1, 0.15) is 50.2 Å². The fraction of sp³-hybridized carbons (Fsp3) is 0.625. The predicted octanol–water partition coefficient (Wildman–Crippen LogP) is 1.35. The number of piperidine rings is 1. The number of primary amides is 1. The predicted molar refractivity (Wildman–Crippen MR) is 86.8 cm³/mol. The highest BCUT2D eigenvalue weighted by molar-refractivity contribution is 5.76. The second-order valence-corrected chi connectivity index (χ2v) is 6.29. The molecule has 0 bridgehead atoms. The van der Waals surface area contributed by atoms with E-state index in [9.17, 15) is 4.79 Å². The number of nitrogens with zero attached hydrogens (tertiary/aromatic N) is 5. The topological polar surface area (TPSA) is 103 Å². The fourth-order valence-electron chi connectivity index (χ4n) is 3.36. The van der Waals surface area contributed by atoms with Gasteiger partial charge in [-0.1, -0.05) is 13.3 Å². The molecule has 2 aromatic rings. The molecular weight excluding hydrogens is 308 g/mol. The smallest absolute Gasteiger partial charge is 0.220 e. The van der Waals surface area contributed by atoms with Crippen LogP contribution in [0.4, 0.5) is 0 Å². The molecule has 24 heavy (non-hydrogen) atoms. The first-order valence-electron chi connectivity index (χ1n) is 8.50. The molecule has 1 fully saturated rings. The molecule has 3 rings (SSSR count). The Bertz CT molecular complexity index is 645. The summed E-state index contributed by atoms with van der Waals surface area (Å²) in [5.41, 5.74) is 5.44. The first kappa shape index (κ1) is 16.6. The number of nitrogens with two attached hydrogens (primary N) is 1. The summed E-state index contributed by atoms with van der Waals surface area (Å²) in [5.74, 6) is 1.48. The van der Waals surface area contributed by atoms with Crippen molar-refractivity contribution in [2.24, 2.45) is 11.7 Å². The number of furan rings is 1. The summed E-state index contributed by atoms with van der Waals surface area (Å²) >= 11 is 0. The van der Waals surface area contributed by atoms with Gasteiger partial charge in [0.1, 0.15) is 12.3 Å². The van der Waals surface area contributed by atoms with E-state index in [1.54, 1.807) is 10.9 Å². The summed E-state index contributed by atoms with van der Waals surface area (Å²) in [4.78, 5) is 13.7. The van der Waals surface area contributed by atoms with Crippen molar-refractivity contribution in [3.05, 3.63) is 30.0 Å². The van der Waals surface area contributed by atoms with Crippen LogP contribution in [0.25, 0.3) is 0 Å². The van der Waals surface area contributed by atoms with Crippen LogP contribution in [-0.2, 0) is 11.3 Å². The van der Waals surface area contributed by atoms with Crippen LogP contribution in [0, 0.1) is 5.92 Å². The number of tetrazole rings is 1. The summed E-state index contributed by atoms with van der Waals surface area (Å²) < 4.78 is 7.21. The molecule has 1 aliphatic heterocycles. The van der Waals surface area contributed by atoms with Crippen molar-refractivity contribution in [1.29, 1.82) is 0 Å². The molecule has 1 aliphatic rings. The quantitative estimate of drug-likeness (QED) is 0.821. The Morgan fingerprint density at radius 1 is 1.46 bits per heavy atom. The number of rotatable bonds is 7. The van der Waals surface area contributed by atoms with E-state index in [1.807, 2.05) is 12.1 Å². The molecule has 3 heterocycles. The molecular formula is C16H24N6O2. The third-order valence-electron chi connectivity index (χ3n) is 4.68. The van der Waals surface area contributed by atoms with Crippen molar-refractivity contribution in [3.63, 3.8) is 0 Å². The van der Waals surface area contributed by atoms with Crippen LogP contribution < -0.4 is 5.73 Å². The van der Waals surface area contributed by atoms with Gasteiger partial charge in [0.05, 0.1) is 12.3 Å². The molecule has 130 valence electrons. The number of carbonyl (C=O) groups excluding carboxylic acids is 1. The standard InChI is InChI=1S/C16H24N6O2/c1-2-4-14(21-8-6-12(7-9-21)15(17)23)16-18-19-20-22(16)11-13-5-3-10-24-13/h3,5,10,12,14H,2,4,6-9,11H2,1H3,(H2,17,23)/t14-/m0/s1. The zero-order chi connectivity index (χ0) is 16.9. The molecule has 0 radical (unpaired) electrons. The maximum absolute atomic E-state index is 11.4. The van der Waals surface area contributed by atoms with Crippen LogP contribution in [-0.4, -0.2) is 44.1 Å². The molecule has 0 aromatic carbocycles. The molecule has 0 aliphatic carbocycles. The fourth-order valence-corrected chi connectivity index (χ4v) is 3.36. The van der Waals surface area contributed by atoms with Gasteiger partial charge in [-0.2, -0.15) is 0 Å². The van der Waals surface area contributed by atoms with E-state index in [2.05, 4.69) is 27.3 Å². The van der Waals surface area contributed by atoms with E-state index in [1.165, 1.54) is 0 Å². The number of aromatic nitrogens is 4. The summed E-state index contributed by atoms with van der Waals surface area (Å²) in [5, 5.41) is 12.3. The van der Waals surface area contributed by atoms with Gasteiger partial charge in [0, 0.05) is 5.92 Å². The zero-order valence-corrected chi connectivity index (χ0v) is 14.0. The average molecular weight is 332 g/mol. The van der Waals surface area contributed by atoms with Gasteiger partial charge in [-0.05, 0) is 54.9 Å². The van der Waals surface area contributed by atoms with Gasteiger partial charge >= 0.3 is 0 Å². The Morgan fingerprint density at radius 2 is 2.25 bits per heavy atom. The third-order valence-corrected chi connectivity index (χ3v) is 4.68. The monoisotopic (exact) mass is 332 g/mol. The Balaban J connectivity index is 1.74. The van der Waals surface area contributed by atoms with Crippen LogP contribution >= 0.6 is 0 Å². The Kier molecular flexibility index (Phi) is 5.24. The molecule has 0 unspecified atom stereocenters. The lowest BCUT2D eigenvalue weighted by Gasteiger charge is -2.36. The first-order valence-corrected chi connectivity index (χ1v) is 8.50. The molecule has 2 aromatic heterocycles. The lowest BCUT2D eigenvalue weighted by molar-refractivity contribution is -0.123. The second kappa shape index (κ2) is 7.57. The average Bonchev–Trinajstić information content (AvgIpc) is 3.25. The van der Waals surface area contributed by atoms with E-state index in [0.717, 1.165) is 50.4 Å². The molecule has 0 spiro atoms. The highest BCUT2D eigenvalue weighted by Crippen LogP contribution is 2.29. The van der Waals surface area contributed by atoms with E-state index in [-0.39, 0.29) is 17.9 Å². The molecule has 1 atom stereocenters. The minimum Gasteiger partial charge on any atom is -0.467 e. The SMILES string of the molecule is CCC[C@@H](c1nnnn1Cc1ccco1)N1CCC(C(N)=O)CC1. The second-order valence-electron chi connectivity index (χ2n) is 6.29. The highest BCUT2D eigenvalue weighted by Gasteiger charge is 2.31. The van der Waals surface area contributed by atoms with E-state index in [0.29, 0.717) is 6.54 Å². The Hall–Kier alpha value is -2.22. The number of amides is 1. The first-order chi connectivity index (χ1) is 11.7.